The lowest BCUT2D eigenvalue weighted by Crippen LogP contribution is -2.59. The van der Waals surface area contributed by atoms with Crippen LogP contribution in [-0.4, -0.2) is 64.8 Å². The minimum atomic E-state index is -1.35. The number of benzene rings is 4. The summed E-state index contributed by atoms with van der Waals surface area (Å²) in [6.45, 7) is 1.87. The highest BCUT2D eigenvalue weighted by Gasteiger charge is 2.32. The summed E-state index contributed by atoms with van der Waals surface area (Å²) in [5.74, 6) is -4.27. The van der Waals surface area contributed by atoms with Crippen molar-refractivity contribution in [1.82, 2.24) is 21.3 Å². The largest absolute Gasteiger partial charge is 0.480 e. The number of fused-ring (bicyclic) bond motifs is 18. The number of hydrogen-bond acceptors (Lipinski definition) is 7. The predicted octanol–water partition coefficient (Wildman–Crippen LogP) is 4.75. The van der Waals surface area contributed by atoms with E-state index in [2.05, 4.69) is 26.6 Å². The van der Waals surface area contributed by atoms with Crippen molar-refractivity contribution < 1.29 is 33.9 Å². The maximum Gasteiger partial charge on any atom is 0.326 e. The van der Waals surface area contributed by atoms with Gasteiger partial charge in [0, 0.05) is 49.1 Å². The van der Waals surface area contributed by atoms with Crippen LogP contribution in [0.15, 0.2) is 121 Å². The van der Waals surface area contributed by atoms with Gasteiger partial charge in [0.2, 0.25) is 29.5 Å². The normalized spacial score (nSPS) is 19.8. The molecule has 4 aromatic carbocycles. The van der Waals surface area contributed by atoms with Crippen molar-refractivity contribution in [3.8, 4) is 11.1 Å². The van der Waals surface area contributed by atoms with Crippen molar-refractivity contribution in [1.29, 1.82) is 0 Å². The van der Waals surface area contributed by atoms with Crippen molar-refractivity contribution in [2.24, 2.45) is 0 Å². The highest BCUT2D eigenvalue weighted by atomic mass is 32.1. The van der Waals surface area contributed by atoms with E-state index in [-0.39, 0.29) is 38.5 Å². The highest BCUT2D eigenvalue weighted by molar-refractivity contribution is 7.09. The number of nitrogens with one attached hydrogen (secondary N) is 5. The molecule has 6 N–H and O–H groups in total. The fraction of sp³-hybridized carbons (Fsp3) is 0.244. The van der Waals surface area contributed by atoms with Gasteiger partial charge < -0.3 is 31.7 Å². The van der Waals surface area contributed by atoms with Crippen LogP contribution in [0.25, 0.3) is 11.1 Å². The van der Waals surface area contributed by atoms with Gasteiger partial charge in [-0.05, 0) is 63.9 Å². The van der Waals surface area contributed by atoms with Crippen molar-refractivity contribution in [2.45, 2.75) is 69.6 Å². The quantitative estimate of drug-likeness (QED) is 0.123. The molecule has 5 aromatic rings. The van der Waals surface area contributed by atoms with Gasteiger partial charge in [0.1, 0.15) is 24.2 Å². The summed E-state index contributed by atoms with van der Waals surface area (Å²) in [7, 11) is 0. The molecule has 1 aromatic heterocycles. The average molecular weight is 800 g/mol. The molecule has 12 nitrogen and oxygen atoms in total. The average Bonchev–Trinajstić information content (AvgIpc) is 3.74. The fourth-order valence-corrected chi connectivity index (χ4v) is 7.46. The molecule has 2 aliphatic heterocycles. The third-order valence-corrected chi connectivity index (χ3v) is 10.9. The van der Waals surface area contributed by atoms with Crippen LogP contribution in [0.5, 0.6) is 0 Å². The third kappa shape index (κ3) is 11.5. The molecule has 0 aliphatic carbocycles. The Balaban J connectivity index is 1.35. The van der Waals surface area contributed by atoms with E-state index in [4.69, 9.17) is 0 Å². The summed E-state index contributed by atoms with van der Waals surface area (Å²) in [5, 5.41) is 25.9. The van der Waals surface area contributed by atoms with E-state index in [0.29, 0.717) is 16.8 Å². The molecule has 4 atom stereocenters. The van der Waals surface area contributed by atoms with Gasteiger partial charge in [-0.15, -0.1) is 11.3 Å². The van der Waals surface area contributed by atoms with Crippen molar-refractivity contribution in [3.05, 3.63) is 148 Å². The first-order valence-corrected chi connectivity index (χ1v) is 19.9. The number of carbonyl (C=O) groups excluding carboxylic acids is 5. The lowest BCUT2D eigenvalue weighted by Gasteiger charge is -2.26. The van der Waals surface area contributed by atoms with Crippen molar-refractivity contribution in [3.63, 3.8) is 0 Å². The summed E-state index contributed by atoms with van der Waals surface area (Å²) < 4.78 is 0. The van der Waals surface area contributed by atoms with E-state index in [0.717, 1.165) is 27.1 Å². The SMILES string of the molecule is Cc1ccccc1C[C@H]1NC(=O)[C@H](Cc2ccc(-c3ccccc3)cc2)NC(=O)[C@@H](Cc2cccs2)NC(=O)CCC(=O)Nc2ccc(cc2)C[C@@H](C(=O)O)NC1=O. The number of thiophene rings is 1. The van der Waals surface area contributed by atoms with Crippen LogP contribution < -0.4 is 26.6 Å². The molecule has 298 valence electrons. The van der Waals surface area contributed by atoms with Crippen LogP contribution in [0.1, 0.15) is 40.0 Å². The molecule has 3 heterocycles. The number of aliphatic carboxylic acids is 1. The van der Waals surface area contributed by atoms with E-state index >= 15 is 0 Å². The smallest absolute Gasteiger partial charge is 0.326 e. The van der Waals surface area contributed by atoms with Crippen LogP contribution in [0.2, 0.25) is 0 Å². The molecule has 58 heavy (non-hydrogen) atoms. The second kappa shape index (κ2) is 19.5. The monoisotopic (exact) mass is 799 g/mol. The van der Waals surface area contributed by atoms with Crippen molar-refractivity contribution >= 4 is 52.5 Å². The zero-order chi connectivity index (χ0) is 41.0. The predicted molar refractivity (Wildman–Crippen MR) is 222 cm³/mol. The molecule has 0 saturated carbocycles. The summed E-state index contributed by atoms with van der Waals surface area (Å²) in [6, 6.07) is 29.9. The highest BCUT2D eigenvalue weighted by Crippen LogP contribution is 2.21. The maximum atomic E-state index is 14.5. The van der Waals surface area contributed by atoms with E-state index in [1.807, 2.05) is 103 Å². The van der Waals surface area contributed by atoms with E-state index in [9.17, 15) is 33.9 Å². The minimum absolute atomic E-state index is 0.0265. The van der Waals surface area contributed by atoms with Crippen LogP contribution in [0.4, 0.5) is 5.69 Å². The second-order valence-electron chi connectivity index (χ2n) is 14.3. The Morgan fingerprint density at radius 2 is 1.22 bits per heavy atom. The van der Waals surface area contributed by atoms with Crippen molar-refractivity contribution in [2.75, 3.05) is 5.32 Å². The number of rotatable bonds is 8. The number of carboxylic acid groups (broad SMARTS) is 1. The number of aryl methyl sites for hydroxylation is 1. The minimum Gasteiger partial charge on any atom is -0.480 e. The molecule has 13 heteroatoms. The van der Waals surface area contributed by atoms with Gasteiger partial charge >= 0.3 is 5.97 Å². The number of anilines is 1. The molecule has 0 fully saturated rings. The Bertz CT molecular complexity index is 2230. The standard InChI is InChI=1S/C45H45N5O7S/c1-28-8-5-6-11-33(28)26-37-43(54)50-39(45(56)57)25-30-15-19-34(20-16-30)46-40(51)21-22-41(52)47-38(27-35-12-7-23-58-35)44(55)48-36(42(53)49-37)24-29-13-17-32(18-14-29)31-9-3-2-4-10-31/h2-20,23,36-39H,21-22,24-27H2,1H3,(H,46,51)(H,47,52)(H,48,55)(H,49,53)(H,50,54)(H,56,57)/t36-,37+,38+,39-/m0/s1. The molecule has 0 spiro atoms. The third-order valence-electron chi connectivity index (χ3n) is 9.96. The van der Waals surface area contributed by atoms with Crippen LogP contribution in [-0.2, 0) is 54.5 Å². The Kier molecular flexibility index (Phi) is 13.8. The number of carbonyl (C=O) groups is 6. The summed E-state index contributed by atoms with van der Waals surface area (Å²) in [4.78, 5) is 82.1. The number of amides is 5. The molecule has 5 amide bonds. The molecule has 2 bridgehead atoms. The van der Waals surface area contributed by atoms with Gasteiger partial charge in [0.25, 0.3) is 0 Å². The molecule has 0 radical (unpaired) electrons. The Labute approximate surface area is 340 Å². The van der Waals surface area contributed by atoms with E-state index in [1.54, 1.807) is 24.3 Å². The van der Waals surface area contributed by atoms with Gasteiger partial charge in [-0.2, -0.15) is 0 Å². The lowest BCUT2D eigenvalue weighted by atomic mass is 9.98. The van der Waals surface area contributed by atoms with Gasteiger partial charge in [0.15, 0.2) is 0 Å². The lowest BCUT2D eigenvalue weighted by molar-refractivity contribution is -0.142. The Morgan fingerprint density at radius 1 is 0.621 bits per heavy atom. The number of hydrogen-bond donors (Lipinski definition) is 6. The van der Waals surface area contributed by atoms with E-state index < -0.39 is 59.7 Å². The number of carboxylic acids is 1. The Hall–Kier alpha value is -6.60. The molecular formula is C45H45N5O7S. The van der Waals surface area contributed by atoms with Gasteiger partial charge in [-0.25, -0.2) is 4.79 Å². The zero-order valence-corrected chi connectivity index (χ0v) is 32.7. The summed E-state index contributed by atoms with van der Waals surface area (Å²) in [6.07, 6.45) is -0.259. The first kappa shape index (κ1) is 41.0. The molecular weight excluding hydrogens is 755 g/mol. The van der Waals surface area contributed by atoms with Gasteiger partial charge in [-0.1, -0.05) is 97.1 Å². The Morgan fingerprint density at radius 3 is 1.88 bits per heavy atom. The van der Waals surface area contributed by atoms with E-state index in [1.165, 1.54) is 11.3 Å². The van der Waals surface area contributed by atoms with Crippen LogP contribution in [0, 0.1) is 6.92 Å². The maximum absolute atomic E-state index is 14.5. The van der Waals surface area contributed by atoms with Gasteiger partial charge in [-0.3, -0.25) is 24.0 Å². The first-order chi connectivity index (χ1) is 28.0. The molecule has 0 unspecified atom stereocenters. The summed E-state index contributed by atoms with van der Waals surface area (Å²) >= 11 is 1.41. The fourth-order valence-electron chi connectivity index (χ4n) is 6.71. The summed E-state index contributed by atoms with van der Waals surface area (Å²) in [5.41, 5.74) is 5.31. The van der Waals surface area contributed by atoms with Crippen LogP contribution >= 0.6 is 11.3 Å². The molecule has 0 saturated heterocycles. The van der Waals surface area contributed by atoms with Gasteiger partial charge in [0.05, 0.1) is 0 Å². The first-order valence-electron chi connectivity index (χ1n) is 19.0. The molecule has 7 rings (SSSR count). The molecule has 2 aliphatic rings. The zero-order valence-electron chi connectivity index (χ0n) is 31.9. The van der Waals surface area contributed by atoms with Crippen LogP contribution in [0.3, 0.4) is 0 Å². The topological polar surface area (TPSA) is 183 Å². The second-order valence-corrected chi connectivity index (χ2v) is 15.3.